The molecule has 0 saturated carbocycles. The molecule has 0 aliphatic rings. The lowest BCUT2D eigenvalue weighted by Crippen LogP contribution is -2.22. The van der Waals surface area contributed by atoms with E-state index in [9.17, 15) is 0 Å². The molecule has 74 valence electrons. The minimum atomic E-state index is 0.307. The first-order valence-electron chi connectivity index (χ1n) is 4.39. The van der Waals surface area contributed by atoms with Crippen LogP contribution in [0.15, 0.2) is 4.52 Å². The highest BCUT2D eigenvalue weighted by Gasteiger charge is 2.08. The zero-order valence-corrected chi connectivity index (χ0v) is 8.71. The molecule has 0 N–H and O–H groups in total. The van der Waals surface area contributed by atoms with Crippen LogP contribution in [0, 0.1) is 0 Å². The van der Waals surface area contributed by atoms with E-state index >= 15 is 0 Å². The Kier molecular flexibility index (Phi) is 4.18. The van der Waals surface area contributed by atoms with Gasteiger partial charge in [0.1, 0.15) is 0 Å². The van der Waals surface area contributed by atoms with Crippen molar-refractivity contribution in [3.05, 3.63) is 11.7 Å². The molecule has 0 aliphatic carbocycles. The van der Waals surface area contributed by atoms with Crippen LogP contribution in [-0.2, 0) is 12.4 Å². The van der Waals surface area contributed by atoms with Crippen molar-refractivity contribution < 1.29 is 4.52 Å². The number of hydrogen-bond acceptors (Lipinski definition) is 4. The Bertz CT molecular complexity index is 247. The molecule has 1 aromatic heterocycles. The van der Waals surface area contributed by atoms with Crippen molar-refractivity contribution in [2.45, 2.75) is 26.3 Å². The normalized spacial score (nSPS) is 11.1. The van der Waals surface area contributed by atoms with Gasteiger partial charge in [-0.2, -0.15) is 4.98 Å². The summed E-state index contributed by atoms with van der Waals surface area (Å²) in [5.74, 6) is 1.50. The highest BCUT2D eigenvalue weighted by atomic mass is 35.5. The van der Waals surface area contributed by atoms with Gasteiger partial charge in [-0.3, -0.25) is 4.90 Å². The molecule has 0 aliphatic heterocycles. The average Bonchev–Trinajstić information content (AvgIpc) is 2.61. The van der Waals surface area contributed by atoms with Crippen molar-refractivity contribution in [2.75, 3.05) is 13.1 Å². The molecule has 13 heavy (non-hydrogen) atoms. The molecule has 0 amide bonds. The molecule has 0 radical (unpaired) electrons. The van der Waals surface area contributed by atoms with E-state index in [-0.39, 0.29) is 0 Å². The molecule has 1 rings (SSSR count). The second-order valence-corrected chi connectivity index (χ2v) is 2.97. The maximum atomic E-state index is 5.55. The van der Waals surface area contributed by atoms with E-state index in [1.54, 1.807) is 0 Å². The molecule has 0 atom stereocenters. The molecule has 1 aromatic rings. The molecular weight excluding hydrogens is 190 g/mol. The highest BCUT2D eigenvalue weighted by molar-refractivity contribution is 6.16. The van der Waals surface area contributed by atoms with Crippen LogP contribution in [0.2, 0.25) is 0 Å². The SMILES string of the molecule is CCN(CC)Cc1nc(CCl)no1. The second kappa shape index (κ2) is 5.19. The van der Waals surface area contributed by atoms with Gasteiger partial charge in [0.2, 0.25) is 5.89 Å². The fraction of sp³-hybridized carbons (Fsp3) is 0.750. The molecule has 0 unspecified atom stereocenters. The number of halogens is 1. The number of rotatable bonds is 5. The Morgan fingerprint density at radius 1 is 1.38 bits per heavy atom. The van der Waals surface area contributed by atoms with Crippen LogP contribution in [0.3, 0.4) is 0 Å². The molecular formula is C8H14ClN3O. The van der Waals surface area contributed by atoms with E-state index in [1.165, 1.54) is 0 Å². The molecule has 0 saturated heterocycles. The van der Waals surface area contributed by atoms with Gasteiger partial charge in [0.25, 0.3) is 0 Å². The second-order valence-electron chi connectivity index (χ2n) is 2.70. The van der Waals surface area contributed by atoms with Gasteiger partial charge in [0, 0.05) is 0 Å². The number of alkyl halides is 1. The quantitative estimate of drug-likeness (QED) is 0.683. The average molecular weight is 204 g/mol. The van der Waals surface area contributed by atoms with Gasteiger partial charge in [0.15, 0.2) is 5.82 Å². The van der Waals surface area contributed by atoms with Crippen LogP contribution in [0.1, 0.15) is 25.6 Å². The van der Waals surface area contributed by atoms with Crippen molar-refractivity contribution >= 4 is 11.6 Å². The van der Waals surface area contributed by atoms with Crippen LogP contribution in [0.5, 0.6) is 0 Å². The van der Waals surface area contributed by atoms with Gasteiger partial charge < -0.3 is 4.52 Å². The minimum Gasteiger partial charge on any atom is -0.338 e. The van der Waals surface area contributed by atoms with Gasteiger partial charge in [-0.25, -0.2) is 0 Å². The van der Waals surface area contributed by atoms with E-state index in [0.717, 1.165) is 13.1 Å². The molecule has 5 heteroatoms. The molecule has 1 heterocycles. The third-order valence-electron chi connectivity index (χ3n) is 1.88. The van der Waals surface area contributed by atoms with Crippen LogP contribution in [0.4, 0.5) is 0 Å². The zero-order chi connectivity index (χ0) is 9.68. The highest BCUT2D eigenvalue weighted by Crippen LogP contribution is 2.03. The first kappa shape index (κ1) is 10.5. The number of aromatic nitrogens is 2. The Hall–Kier alpha value is -0.610. The van der Waals surface area contributed by atoms with E-state index in [1.807, 2.05) is 0 Å². The van der Waals surface area contributed by atoms with Crippen molar-refractivity contribution in [3.63, 3.8) is 0 Å². The number of hydrogen-bond donors (Lipinski definition) is 0. The summed E-state index contributed by atoms with van der Waals surface area (Å²) >= 11 is 5.55. The van der Waals surface area contributed by atoms with E-state index in [0.29, 0.717) is 24.1 Å². The smallest absolute Gasteiger partial charge is 0.240 e. The van der Waals surface area contributed by atoms with E-state index < -0.39 is 0 Å². The van der Waals surface area contributed by atoms with Gasteiger partial charge in [-0.05, 0) is 13.1 Å². The summed E-state index contributed by atoms with van der Waals surface area (Å²) in [5, 5.41) is 3.71. The molecule has 0 bridgehead atoms. The van der Waals surface area contributed by atoms with E-state index in [2.05, 4.69) is 28.9 Å². The fourth-order valence-electron chi connectivity index (χ4n) is 1.05. The predicted molar refractivity (Wildman–Crippen MR) is 50.5 cm³/mol. The first-order chi connectivity index (χ1) is 6.30. The third kappa shape index (κ3) is 2.97. The van der Waals surface area contributed by atoms with Crippen molar-refractivity contribution in [3.8, 4) is 0 Å². The summed E-state index contributed by atoms with van der Waals surface area (Å²) in [6, 6.07) is 0. The number of nitrogens with zero attached hydrogens (tertiary/aromatic N) is 3. The Morgan fingerprint density at radius 3 is 2.54 bits per heavy atom. The van der Waals surface area contributed by atoms with Crippen LogP contribution >= 0.6 is 11.6 Å². The standard InChI is InChI=1S/C8H14ClN3O/c1-3-12(4-2)6-8-10-7(5-9)11-13-8/h3-6H2,1-2H3. The van der Waals surface area contributed by atoms with Crippen molar-refractivity contribution in [2.24, 2.45) is 0 Å². The topological polar surface area (TPSA) is 42.2 Å². The summed E-state index contributed by atoms with van der Waals surface area (Å²) in [4.78, 5) is 6.31. The zero-order valence-electron chi connectivity index (χ0n) is 7.96. The predicted octanol–water partition coefficient (Wildman–Crippen LogP) is 1.65. The molecule has 4 nitrogen and oxygen atoms in total. The Morgan fingerprint density at radius 2 is 2.08 bits per heavy atom. The maximum absolute atomic E-state index is 5.55. The fourth-order valence-corrected chi connectivity index (χ4v) is 1.16. The van der Waals surface area contributed by atoms with Gasteiger partial charge in [-0.15, -0.1) is 11.6 Å². The largest absolute Gasteiger partial charge is 0.338 e. The van der Waals surface area contributed by atoms with Crippen LogP contribution < -0.4 is 0 Å². The minimum absolute atomic E-state index is 0.307. The van der Waals surface area contributed by atoms with E-state index in [4.69, 9.17) is 16.1 Å². The molecule has 0 fully saturated rings. The molecule has 0 spiro atoms. The van der Waals surface area contributed by atoms with Crippen molar-refractivity contribution in [1.29, 1.82) is 0 Å². The van der Waals surface area contributed by atoms with Crippen LogP contribution in [0.25, 0.3) is 0 Å². The summed E-state index contributed by atoms with van der Waals surface area (Å²) in [6.07, 6.45) is 0. The summed E-state index contributed by atoms with van der Waals surface area (Å²) in [5.41, 5.74) is 0. The summed E-state index contributed by atoms with van der Waals surface area (Å²) in [7, 11) is 0. The monoisotopic (exact) mass is 203 g/mol. The van der Waals surface area contributed by atoms with Gasteiger partial charge in [0.05, 0.1) is 12.4 Å². The maximum Gasteiger partial charge on any atom is 0.240 e. The third-order valence-corrected chi connectivity index (χ3v) is 2.12. The Balaban J connectivity index is 2.52. The lowest BCUT2D eigenvalue weighted by atomic mass is 10.5. The first-order valence-corrected chi connectivity index (χ1v) is 4.93. The lowest BCUT2D eigenvalue weighted by molar-refractivity contribution is 0.246. The van der Waals surface area contributed by atoms with Gasteiger partial charge in [-0.1, -0.05) is 19.0 Å². The van der Waals surface area contributed by atoms with Crippen LogP contribution in [-0.4, -0.2) is 28.1 Å². The van der Waals surface area contributed by atoms with Crippen molar-refractivity contribution in [1.82, 2.24) is 15.0 Å². The summed E-state index contributed by atoms with van der Waals surface area (Å²) in [6.45, 7) is 6.87. The lowest BCUT2D eigenvalue weighted by Gasteiger charge is -2.14. The molecule has 0 aromatic carbocycles. The van der Waals surface area contributed by atoms with Gasteiger partial charge >= 0.3 is 0 Å². The Labute approximate surface area is 82.9 Å². The summed E-state index contributed by atoms with van der Waals surface area (Å²) < 4.78 is 5.00.